The van der Waals surface area contributed by atoms with Gasteiger partial charge >= 0.3 is 0 Å². The van der Waals surface area contributed by atoms with Crippen LogP contribution in [-0.4, -0.2) is 32.1 Å². The molecule has 0 spiro atoms. The maximum Gasteiger partial charge on any atom is 0.239 e. The molecule has 0 atom stereocenters. The molecule has 1 saturated carbocycles. The Bertz CT molecular complexity index is 448. The molecule has 0 aromatic heterocycles. The minimum atomic E-state index is 0. The number of hydrogen-bond donors (Lipinski definition) is 2. The second-order valence-electron chi connectivity index (χ2n) is 5.11. The number of benzene rings is 1. The minimum Gasteiger partial charge on any atom is -0.382 e. The summed E-state index contributed by atoms with van der Waals surface area (Å²) in [6.45, 7) is 3.10. The molecule has 1 aliphatic heterocycles. The molecule has 0 unspecified atom stereocenters. The number of para-hydroxylation sites is 2. The van der Waals surface area contributed by atoms with Gasteiger partial charge in [-0.1, -0.05) is 12.1 Å². The first-order chi connectivity index (χ1) is 8.83. The normalized spacial score (nSPS) is 16.9. The van der Waals surface area contributed by atoms with Crippen molar-refractivity contribution in [3.63, 3.8) is 0 Å². The van der Waals surface area contributed by atoms with Gasteiger partial charge in [0, 0.05) is 19.6 Å². The van der Waals surface area contributed by atoms with Gasteiger partial charge < -0.3 is 15.5 Å². The number of nitrogens with zero attached hydrogens (tertiary/aromatic N) is 1. The van der Waals surface area contributed by atoms with Gasteiger partial charge in [-0.15, -0.1) is 12.4 Å². The lowest BCUT2D eigenvalue weighted by Gasteiger charge is -2.31. The first kappa shape index (κ1) is 14.0. The smallest absolute Gasteiger partial charge is 0.239 e. The van der Waals surface area contributed by atoms with Crippen LogP contribution in [0.5, 0.6) is 0 Å². The molecule has 1 heterocycles. The monoisotopic (exact) mass is 281 g/mol. The van der Waals surface area contributed by atoms with Gasteiger partial charge in [-0.05, 0) is 30.9 Å². The van der Waals surface area contributed by atoms with E-state index in [1.165, 1.54) is 12.8 Å². The van der Waals surface area contributed by atoms with Crippen molar-refractivity contribution in [3.05, 3.63) is 24.3 Å². The van der Waals surface area contributed by atoms with Crippen LogP contribution in [0, 0.1) is 5.92 Å². The van der Waals surface area contributed by atoms with Crippen LogP contribution in [0.25, 0.3) is 0 Å². The van der Waals surface area contributed by atoms with E-state index in [0.717, 1.165) is 36.9 Å². The highest BCUT2D eigenvalue weighted by Crippen LogP contribution is 2.28. The molecule has 1 aliphatic carbocycles. The molecule has 19 heavy (non-hydrogen) atoms. The summed E-state index contributed by atoms with van der Waals surface area (Å²) >= 11 is 0. The maximum absolute atomic E-state index is 11.9. The van der Waals surface area contributed by atoms with Crippen LogP contribution >= 0.6 is 12.4 Å². The van der Waals surface area contributed by atoms with Gasteiger partial charge in [-0.3, -0.25) is 4.79 Å². The molecule has 2 N–H and O–H groups in total. The second-order valence-corrected chi connectivity index (χ2v) is 5.11. The minimum absolute atomic E-state index is 0. The quantitative estimate of drug-likeness (QED) is 0.886. The van der Waals surface area contributed by atoms with Crippen LogP contribution in [0.1, 0.15) is 12.8 Å². The van der Waals surface area contributed by atoms with Gasteiger partial charge in [-0.25, -0.2) is 0 Å². The first-order valence-corrected chi connectivity index (χ1v) is 6.67. The van der Waals surface area contributed by atoms with Gasteiger partial charge in [0.05, 0.1) is 17.9 Å². The van der Waals surface area contributed by atoms with Gasteiger partial charge in [0.15, 0.2) is 0 Å². The zero-order chi connectivity index (χ0) is 12.4. The summed E-state index contributed by atoms with van der Waals surface area (Å²) in [7, 11) is 0. The third-order valence-electron chi connectivity index (χ3n) is 3.56. The number of halogens is 1. The number of fused-ring (bicyclic) bond motifs is 1. The van der Waals surface area contributed by atoms with Crippen LogP contribution in [0.2, 0.25) is 0 Å². The molecule has 1 aromatic rings. The molecule has 0 saturated heterocycles. The highest BCUT2D eigenvalue weighted by Gasteiger charge is 2.23. The topological polar surface area (TPSA) is 44.4 Å². The molecule has 0 bridgehead atoms. The Labute approximate surface area is 120 Å². The van der Waals surface area contributed by atoms with Crippen molar-refractivity contribution in [3.8, 4) is 0 Å². The van der Waals surface area contributed by atoms with Crippen molar-refractivity contribution < 1.29 is 4.79 Å². The van der Waals surface area contributed by atoms with Crippen LogP contribution in [-0.2, 0) is 4.79 Å². The van der Waals surface area contributed by atoms with Crippen LogP contribution < -0.4 is 15.5 Å². The van der Waals surface area contributed by atoms with Crippen molar-refractivity contribution in [1.29, 1.82) is 0 Å². The Morgan fingerprint density at radius 2 is 2.16 bits per heavy atom. The van der Waals surface area contributed by atoms with Gasteiger partial charge in [0.2, 0.25) is 5.91 Å². The number of carbonyl (C=O) groups is 1. The van der Waals surface area contributed by atoms with E-state index in [0.29, 0.717) is 6.54 Å². The van der Waals surface area contributed by atoms with Gasteiger partial charge in [-0.2, -0.15) is 0 Å². The van der Waals surface area contributed by atoms with E-state index in [9.17, 15) is 4.79 Å². The fourth-order valence-corrected chi connectivity index (χ4v) is 2.32. The Kier molecular flexibility index (Phi) is 4.53. The largest absolute Gasteiger partial charge is 0.382 e. The third kappa shape index (κ3) is 3.53. The van der Waals surface area contributed by atoms with E-state index >= 15 is 0 Å². The number of nitrogens with one attached hydrogen (secondary N) is 2. The molecule has 1 aromatic carbocycles. The fourth-order valence-electron chi connectivity index (χ4n) is 2.32. The summed E-state index contributed by atoms with van der Waals surface area (Å²) in [6.07, 6.45) is 2.55. The second kappa shape index (κ2) is 6.15. The highest BCUT2D eigenvalue weighted by molar-refractivity contribution is 5.85. The van der Waals surface area contributed by atoms with E-state index in [-0.39, 0.29) is 18.3 Å². The summed E-state index contributed by atoms with van der Waals surface area (Å²) in [5.41, 5.74) is 2.25. The number of carbonyl (C=O) groups excluding carboxylic acids is 1. The maximum atomic E-state index is 11.9. The number of rotatable bonds is 4. The predicted octanol–water partition coefficient (Wildman–Crippen LogP) is 1.87. The van der Waals surface area contributed by atoms with Gasteiger partial charge in [0.1, 0.15) is 0 Å². The van der Waals surface area contributed by atoms with Gasteiger partial charge in [0.25, 0.3) is 0 Å². The zero-order valence-electron chi connectivity index (χ0n) is 10.9. The van der Waals surface area contributed by atoms with Crippen molar-refractivity contribution in [2.45, 2.75) is 12.8 Å². The lowest BCUT2D eigenvalue weighted by molar-refractivity contribution is -0.119. The van der Waals surface area contributed by atoms with Crippen molar-refractivity contribution >= 4 is 29.7 Å². The molecule has 104 valence electrons. The van der Waals surface area contributed by atoms with E-state index in [4.69, 9.17) is 0 Å². The fraction of sp³-hybridized carbons (Fsp3) is 0.500. The molecule has 2 aliphatic rings. The van der Waals surface area contributed by atoms with Crippen LogP contribution in [0.15, 0.2) is 24.3 Å². The number of hydrogen-bond acceptors (Lipinski definition) is 3. The molecular formula is C14H20ClN3O. The molecule has 0 radical (unpaired) electrons. The Balaban J connectivity index is 0.00000133. The average molecular weight is 282 g/mol. The Morgan fingerprint density at radius 1 is 1.37 bits per heavy atom. The summed E-state index contributed by atoms with van der Waals surface area (Å²) in [6, 6.07) is 8.16. The predicted molar refractivity (Wildman–Crippen MR) is 80.1 cm³/mol. The lowest BCUT2D eigenvalue weighted by Crippen LogP contribution is -2.42. The van der Waals surface area contributed by atoms with Crippen molar-refractivity contribution in [1.82, 2.24) is 5.32 Å². The first-order valence-electron chi connectivity index (χ1n) is 6.67. The standard InChI is InChI=1S/C14H19N3O.ClH/c18-14(16-9-11-5-6-11)10-17-8-7-15-12-3-1-2-4-13(12)17;/h1-4,11,15H,5-10H2,(H,16,18);1H. The summed E-state index contributed by atoms with van der Waals surface area (Å²) in [5, 5.41) is 6.37. The zero-order valence-corrected chi connectivity index (χ0v) is 11.7. The van der Waals surface area contributed by atoms with E-state index in [1.54, 1.807) is 0 Å². The van der Waals surface area contributed by atoms with Crippen LogP contribution in [0.4, 0.5) is 11.4 Å². The third-order valence-corrected chi connectivity index (χ3v) is 3.56. The Hall–Kier alpha value is -1.42. The van der Waals surface area contributed by atoms with Crippen LogP contribution in [0.3, 0.4) is 0 Å². The molecule has 5 heteroatoms. The molecule has 4 nitrogen and oxygen atoms in total. The van der Waals surface area contributed by atoms with E-state index in [2.05, 4.69) is 27.7 Å². The van der Waals surface area contributed by atoms with E-state index < -0.39 is 0 Å². The summed E-state index contributed by atoms with van der Waals surface area (Å²) < 4.78 is 0. The molecule has 1 fully saturated rings. The van der Waals surface area contributed by atoms with Crippen molar-refractivity contribution in [2.24, 2.45) is 5.92 Å². The summed E-state index contributed by atoms with van der Waals surface area (Å²) in [5.74, 6) is 0.878. The lowest BCUT2D eigenvalue weighted by atomic mass is 10.2. The number of anilines is 2. The van der Waals surface area contributed by atoms with Crippen molar-refractivity contribution in [2.75, 3.05) is 36.4 Å². The average Bonchev–Trinajstić information content (AvgIpc) is 3.21. The molecular weight excluding hydrogens is 262 g/mol. The van der Waals surface area contributed by atoms with E-state index in [1.807, 2.05) is 12.1 Å². The molecule has 3 rings (SSSR count). The Morgan fingerprint density at radius 3 is 2.95 bits per heavy atom. The highest BCUT2D eigenvalue weighted by atomic mass is 35.5. The number of amides is 1. The summed E-state index contributed by atoms with van der Waals surface area (Å²) in [4.78, 5) is 14.0. The molecule has 1 amide bonds. The SMILES string of the molecule is Cl.O=C(CN1CCNc2ccccc21)NCC1CC1.